The lowest BCUT2D eigenvalue weighted by Gasteiger charge is -2.40. The number of rotatable bonds is 6. The van der Waals surface area contributed by atoms with Crippen molar-refractivity contribution in [2.45, 2.75) is 66.6 Å². The molecule has 0 saturated carbocycles. The molecule has 1 rings (SSSR count). The summed E-state index contributed by atoms with van der Waals surface area (Å²) in [6.07, 6.45) is 0. The van der Waals surface area contributed by atoms with Crippen molar-refractivity contribution in [3.8, 4) is 0 Å². The van der Waals surface area contributed by atoms with E-state index in [1.807, 2.05) is 79.7 Å². The zero-order chi connectivity index (χ0) is 17.3. The molecular weight excluding hydrogens is 272 g/mol. The second kappa shape index (κ2) is 6.72. The van der Waals surface area contributed by atoms with Crippen molar-refractivity contribution < 1.29 is 10.2 Å². The molecule has 0 aliphatic carbocycles. The molecule has 1 aromatic carbocycles. The molecule has 0 spiro atoms. The first kappa shape index (κ1) is 19.2. The SMILES string of the molecule is CC(C)C(O)(c1cccc(C(O)(C(C)C)C(C)C)c1)C(C)C. The van der Waals surface area contributed by atoms with Crippen molar-refractivity contribution in [2.75, 3.05) is 0 Å². The van der Waals surface area contributed by atoms with Crippen molar-refractivity contribution in [3.05, 3.63) is 35.4 Å². The summed E-state index contributed by atoms with van der Waals surface area (Å²) in [5.41, 5.74) is 0.0277. The van der Waals surface area contributed by atoms with E-state index in [9.17, 15) is 10.2 Å². The standard InChI is InChI=1S/C20H34O2/c1-13(2)19(21,14(3)4)17-10-9-11-18(12-17)20(22,15(5)6)16(7)8/h9-16,21-22H,1-8H3. The Labute approximate surface area is 136 Å². The fourth-order valence-electron chi connectivity index (χ4n) is 3.68. The van der Waals surface area contributed by atoms with Crippen molar-refractivity contribution in [3.63, 3.8) is 0 Å². The molecule has 0 saturated heterocycles. The molecule has 2 heteroatoms. The molecule has 2 N–H and O–H groups in total. The summed E-state index contributed by atoms with van der Waals surface area (Å²) in [7, 11) is 0. The predicted octanol–water partition coefficient (Wildman–Crippen LogP) is 4.69. The van der Waals surface area contributed by atoms with Gasteiger partial charge in [-0.25, -0.2) is 0 Å². The average molecular weight is 306 g/mol. The first-order chi connectivity index (χ1) is 9.98. The van der Waals surface area contributed by atoms with Crippen LogP contribution in [0.25, 0.3) is 0 Å². The molecule has 0 heterocycles. The highest BCUT2D eigenvalue weighted by molar-refractivity contribution is 5.33. The normalized spacial score (nSPS) is 13.7. The summed E-state index contributed by atoms with van der Waals surface area (Å²) < 4.78 is 0. The minimum atomic E-state index is -0.884. The Bertz CT molecular complexity index is 429. The Hall–Kier alpha value is -0.860. The van der Waals surface area contributed by atoms with Crippen LogP contribution in [0, 0.1) is 23.7 Å². The van der Waals surface area contributed by atoms with Crippen LogP contribution in [0.2, 0.25) is 0 Å². The zero-order valence-corrected chi connectivity index (χ0v) is 15.5. The third-order valence-electron chi connectivity index (χ3n) is 5.31. The maximum absolute atomic E-state index is 11.2. The third-order valence-corrected chi connectivity index (χ3v) is 5.31. The van der Waals surface area contributed by atoms with E-state index in [0.717, 1.165) is 11.1 Å². The van der Waals surface area contributed by atoms with Gasteiger partial charge in [-0.3, -0.25) is 0 Å². The number of hydrogen-bond acceptors (Lipinski definition) is 2. The molecule has 0 atom stereocenters. The minimum Gasteiger partial charge on any atom is -0.385 e. The first-order valence-electron chi connectivity index (χ1n) is 8.54. The summed E-state index contributed by atoms with van der Waals surface area (Å²) in [6.45, 7) is 16.4. The third kappa shape index (κ3) is 3.09. The highest BCUT2D eigenvalue weighted by Gasteiger charge is 2.40. The van der Waals surface area contributed by atoms with Crippen molar-refractivity contribution in [1.82, 2.24) is 0 Å². The van der Waals surface area contributed by atoms with E-state index in [2.05, 4.69) is 0 Å². The summed E-state index contributed by atoms with van der Waals surface area (Å²) in [5, 5.41) is 22.4. The van der Waals surface area contributed by atoms with Crippen LogP contribution in [-0.4, -0.2) is 10.2 Å². The number of hydrogen-bond donors (Lipinski definition) is 2. The Morgan fingerprint density at radius 1 is 0.636 bits per heavy atom. The van der Waals surface area contributed by atoms with Crippen LogP contribution in [0.5, 0.6) is 0 Å². The van der Waals surface area contributed by atoms with Gasteiger partial charge in [0.15, 0.2) is 0 Å². The van der Waals surface area contributed by atoms with E-state index >= 15 is 0 Å². The molecule has 0 amide bonds. The topological polar surface area (TPSA) is 40.5 Å². The molecule has 0 unspecified atom stereocenters. The van der Waals surface area contributed by atoms with Crippen LogP contribution in [0.3, 0.4) is 0 Å². The molecule has 0 aliphatic rings. The predicted molar refractivity (Wildman–Crippen MR) is 93.6 cm³/mol. The molecule has 22 heavy (non-hydrogen) atoms. The highest BCUT2D eigenvalue weighted by atomic mass is 16.3. The molecule has 2 nitrogen and oxygen atoms in total. The Kier molecular flexibility index (Phi) is 5.86. The molecule has 0 aromatic heterocycles. The Balaban J connectivity index is 3.47. The maximum atomic E-state index is 11.2. The number of benzene rings is 1. The van der Waals surface area contributed by atoms with Crippen LogP contribution in [0.4, 0.5) is 0 Å². The van der Waals surface area contributed by atoms with Gasteiger partial charge in [-0.05, 0) is 34.8 Å². The second-order valence-corrected chi connectivity index (χ2v) is 7.85. The molecule has 0 radical (unpaired) electrons. The maximum Gasteiger partial charge on any atom is 0.0942 e. The molecule has 1 aromatic rings. The molecule has 0 fully saturated rings. The molecule has 0 bridgehead atoms. The van der Waals surface area contributed by atoms with Crippen molar-refractivity contribution >= 4 is 0 Å². The fraction of sp³-hybridized carbons (Fsp3) is 0.700. The summed E-state index contributed by atoms with van der Waals surface area (Å²) >= 11 is 0. The lowest BCUT2D eigenvalue weighted by molar-refractivity contribution is -0.0593. The highest BCUT2D eigenvalue weighted by Crippen LogP contribution is 2.41. The van der Waals surface area contributed by atoms with Gasteiger partial charge in [0.25, 0.3) is 0 Å². The summed E-state index contributed by atoms with van der Waals surface area (Å²) in [4.78, 5) is 0. The van der Waals surface area contributed by atoms with E-state index in [4.69, 9.17) is 0 Å². The fourth-order valence-corrected chi connectivity index (χ4v) is 3.68. The Morgan fingerprint density at radius 3 is 1.14 bits per heavy atom. The lowest BCUT2D eigenvalue weighted by atomic mass is 9.71. The van der Waals surface area contributed by atoms with Crippen LogP contribution in [-0.2, 0) is 11.2 Å². The first-order valence-corrected chi connectivity index (χ1v) is 8.54. The van der Waals surface area contributed by atoms with Gasteiger partial charge in [-0.1, -0.05) is 79.7 Å². The quantitative estimate of drug-likeness (QED) is 0.800. The van der Waals surface area contributed by atoms with Gasteiger partial charge in [0.2, 0.25) is 0 Å². The van der Waals surface area contributed by atoms with E-state index in [1.165, 1.54) is 0 Å². The molecule has 0 aliphatic heterocycles. The van der Waals surface area contributed by atoms with Gasteiger partial charge in [0.05, 0.1) is 11.2 Å². The van der Waals surface area contributed by atoms with E-state index < -0.39 is 11.2 Å². The zero-order valence-electron chi connectivity index (χ0n) is 15.5. The largest absolute Gasteiger partial charge is 0.385 e. The van der Waals surface area contributed by atoms with Crippen LogP contribution in [0.1, 0.15) is 66.5 Å². The van der Waals surface area contributed by atoms with Crippen molar-refractivity contribution in [1.29, 1.82) is 0 Å². The van der Waals surface area contributed by atoms with E-state index in [0.29, 0.717) is 0 Å². The molecular formula is C20H34O2. The molecule has 126 valence electrons. The second-order valence-electron chi connectivity index (χ2n) is 7.85. The van der Waals surface area contributed by atoms with Gasteiger partial charge in [-0.2, -0.15) is 0 Å². The van der Waals surface area contributed by atoms with Gasteiger partial charge in [0, 0.05) is 0 Å². The van der Waals surface area contributed by atoms with Gasteiger partial charge in [0.1, 0.15) is 0 Å². The monoisotopic (exact) mass is 306 g/mol. The van der Waals surface area contributed by atoms with Crippen LogP contribution < -0.4 is 0 Å². The smallest absolute Gasteiger partial charge is 0.0942 e. The average Bonchev–Trinajstić information content (AvgIpc) is 2.44. The van der Waals surface area contributed by atoms with Crippen molar-refractivity contribution in [2.24, 2.45) is 23.7 Å². The van der Waals surface area contributed by atoms with Crippen LogP contribution >= 0.6 is 0 Å². The number of aliphatic hydroxyl groups is 2. The van der Waals surface area contributed by atoms with Crippen LogP contribution in [0.15, 0.2) is 24.3 Å². The Morgan fingerprint density at radius 2 is 0.909 bits per heavy atom. The van der Waals surface area contributed by atoms with E-state index in [-0.39, 0.29) is 23.7 Å². The van der Waals surface area contributed by atoms with Gasteiger partial charge in [-0.15, -0.1) is 0 Å². The van der Waals surface area contributed by atoms with E-state index in [1.54, 1.807) is 0 Å². The minimum absolute atomic E-state index is 0.106. The van der Waals surface area contributed by atoms with Gasteiger partial charge < -0.3 is 10.2 Å². The summed E-state index contributed by atoms with van der Waals surface area (Å²) in [5.74, 6) is 0.422. The summed E-state index contributed by atoms with van der Waals surface area (Å²) in [6, 6.07) is 7.91. The van der Waals surface area contributed by atoms with Gasteiger partial charge >= 0.3 is 0 Å². The lowest BCUT2D eigenvalue weighted by Crippen LogP contribution is -2.40.